The lowest BCUT2D eigenvalue weighted by Gasteiger charge is -2.48. The van der Waals surface area contributed by atoms with E-state index in [2.05, 4.69) is 33.8 Å². The summed E-state index contributed by atoms with van der Waals surface area (Å²) in [5.74, 6) is 0.0204. The highest BCUT2D eigenvalue weighted by atomic mass is 35.5. The van der Waals surface area contributed by atoms with E-state index in [1.165, 1.54) is 18.2 Å². The Labute approximate surface area is 183 Å². The number of likely N-dealkylation sites (tertiary alicyclic amines) is 1. The van der Waals surface area contributed by atoms with Gasteiger partial charge in [-0.2, -0.15) is 5.10 Å². The van der Waals surface area contributed by atoms with Crippen LogP contribution in [0.5, 0.6) is 0 Å². The molecule has 2 atom stereocenters. The van der Waals surface area contributed by atoms with Gasteiger partial charge in [-0.05, 0) is 56.5 Å². The third kappa shape index (κ3) is 4.57. The van der Waals surface area contributed by atoms with Crippen molar-refractivity contribution < 1.29 is 13.2 Å². The molecule has 1 aromatic heterocycles. The minimum Gasteiger partial charge on any atom is -0.370 e. The molecule has 30 heavy (non-hydrogen) atoms. The molecule has 9 heteroatoms. The second-order valence-electron chi connectivity index (χ2n) is 8.30. The summed E-state index contributed by atoms with van der Waals surface area (Å²) in [6.07, 6.45) is 6.56. The molecule has 7 nitrogen and oxygen atoms in total. The Balaban J connectivity index is 1.41. The number of aryl methyl sites for hydroxylation is 1. The van der Waals surface area contributed by atoms with Crippen molar-refractivity contribution in [3.63, 3.8) is 0 Å². The van der Waals surface area contributed by atoms with E-state index in [0.29, 0.717) is 12.6 Å². The van der Waals surface area contributed by atoms with Gasteiger partial charge in [-0.25, -0.2) is 13.1 Å². The Morgan fingerprint density at radius 2 is 2.23 bits per heavy atom. The normalized spacial score (nSPS) is 24.8. The molecule has 2 aliphatic rings. The molecule has 0 radical (unpaired) electrons. The zero-order chi connectivity index (χ0) is 21.4. The lowest BCUT2D eigenvalue weighted by atomic mass is 9.77. The number of nitrogens with one attached hydrogen (secondary N) is 1. The summed E-state index contributed by atoms with van der Waals surface area (Å²) in [4.78, 5) is 2.44. The van der Waals surface area contributed by atoms with E-state index in [9.17, 15) is 8.42 Å². The fraction of sp³-hybridized carbons (Fsp3) is 0.571. The molecule has 0 amide bonds. The monoisotopic (exact) mass is 452 g/mol. The van der Waals surface area contributed by atoms with Gasteiger partial charge in [0.2, 0.25) is 10.0 Å². The summed E-state index contributed by atoms with van der Waals surface area (Å²) in [7, 11) is -1.81. The van der Waals surface area contributed by atoms with Gasteiger partial charge in [0.1, 0.15) is 0 Å². The number of ether oxygens (including phenoxy) is 1. The van der Waals surface area contributed by atoms with E-state index >= 15 is 0 Å². The Kier molecular flexibility index (Phi) is 6.23. The smallest absolute Gasteiger partial charge is 0.213 e. The van der Waals surface area contributed by atoms with E-state index in [0.717, 1.165) is 49.5 Å². The molecule has 1 spiro atoms. The lowest BCUT2D eigenvalue weighted by Crippen LogP contribution is -2.50. The molecule has 0 bridgehead atoms. The van der Waals surface area contributed by atoms with Crippen LogP contribution in [-0.4, -0.2) is 55.1 Å². The van der Waals surface area contributed by atoms with Crippen molar-refractivity contribution in [3.8, 4) is 0 Å². The molecular weight excluding hydrogens is 424 g/mol. The van der Waals surface area contributed by atoms with Crippen LogP contribution in [0, 0.1) is 0 Å². The van der Waals surface area contributed by atoms with E-state index in [-0.39, 0.29) is 11.4 Å². The highest BCUT2D eigenvalue weighted by Gasteiger charge is 2.43. The number of piperidine rings is 1. The van der Waals surface area contributed by atoms with Crippen LogP contribution in [0.2, 0.25) is 5.02 Å². The fourth-order valence-corrected chi connectivity index (χ4v) is 5.45. The van der Waals surface area contributed by atoms with Crippen molar-refractivity contribution in [2.75, 3.05) is 26.0 Å². The van der Waals surface area contributed by atoms with Crippen LogP contribution in [0.3, 0.4) is 0 Å². The number of rotatable bonds is 6. The van der Waals surface area contributed by atoms with Crippen molar-refractivity contribution in [2.24, 2.45) is 0 Å². The predicted octanol–water partition coefficient (Wildman–Crippen LogP) is 2.54. The van der Waals surface area contributed by atoms with Gasteiger partial charge in [0, 0.05) is 35.9 Å². The van der Waals surface area contributed by atoms with Crippen molar-refractivity contribution >= 4 is 21.6 Å². The molecule has 1 saturated heterocycles. The minimum absolute atomic E-state index is 0.0204. The zero-order valence-electron chi connectivity index (χ0n) is 17.5. The molecule has 1 fully saturated rings. The average Bonchev–Trinajstić information content (AvgIpc) is 3.17. The first kappa shape index (κ1) is 21.8. The number of nitrogens with zero attached hydrogens (tertiary/aromatic N) is 3. The van der Waals surface area contributed by atoms with E-state index in [1.54, 1.807) is 4.68 Å². The number of hydrogen-bond acceptors (Lipinski definition) is 5. The van der Waals surface area contributed by atoms with E-state index < -0.39 is 10.0 Å². The topological polar surface area (TPSA) is 76.5 Å². The van der Waals surface area contributed by atoms with Gasteiger partial charge in [0.15, 0.2) is 0 Å². The van der Waals surface area contributed by atoms with Crippen LogP contribution in [0.25, 0.3) is 0 Å². The largest absolute Gasteiger partial charge is 0.370 e. The van der Waals surface area contributed by atoms with E-state index in [4.69, 9.17) is 16.3 Å². The maximum Gasteiger partial charge on any atom is 0.213 e. The average molecular weight is 453 g/mol. The van der Waals surface area contributed by atoms with Gasteiger partial charge >= 0.3 is 0 Å². The maximum atomic E-state index is 11.6. The Hall–Kier alpha value is -1.45. The molecule has 2 aliphatic heterocycles. The van der Waals surface area contributed by atoms with Crippen LogP contribution in [0.4, 0.5) is 0 Å². The molecule has 2 aromatic rings. The molecule has 1 unspecified atom stereocenters. The van der Waals surface area contributed by atoms with Crippen molar-refractivity contribution in [2.45, 2.75) is 50.9 Å². The number of benzene rings is 1. The Morgan fingerprint density at radius 3 is 3.00 bits per heavy atom. The number of sulfonamides is 1. The highest BCUT2D eigenvalue weighted by Crippen LogP contribution is 2.44. The van der Waals surface area contributed by atoms with Crippen LogP contribution < -0.4 is 4.72 Å². The van der Waals surface area contributed by atoms with Crippen LogP contribution >= 0.6 is 11.6 Å². The molecular formula is C21H29ClN4O3S. The second-order valence-corrected chi connectivity index (χ2v) is 10.8. The Bertz CT molecular complexity index is 1010. The first-order chi connectivity index (χ1) is 14.3. The second kappa shape index (κ2) is 8.59. The zero-order valence-corrected chi connectivity index (χ0v) is 19.0. The molecule has 164 valence electrons. The Morgan fingerprint density at radius 1 is 1.40 bits per heavy atom. The minimum atomic E-state index is -3.23. The van der Waals surface area contributed by atoms with Crippen molar-refractivity contribution in [3.05, 3.63) is 52.3 Å². The van der Waals surface area contributed by atoms with Gasteiger partial charge < -0.3 is 4.74 Å². The SMILES string of the molecule is CNS(=O)(=O)CCn1cc(CN2CCC3(C[C@@H]2C)OCCc2ccc(Cl)cc23)cn1. The highest BCUT2D eigenvalue weighted by molar-refractivity contribution is 7.89. The third-order valence-corrected chi connectivity index (χ3v) is 7.91. The molecule has 3 heterocycles. The summed E-state index contributed by atoms with van der Waals surface area (Å²) >= 11 is 6.30. The predicted molar refractivity (Wildman–Crippen MR) is 117 cm³/mol. The van der Waals surface area contributed by atoms with Crippen LogP contribution in [-0.2, 0) is 39.9 Å². The quantitative estimate of drug-likeness (QED) is 0.728. The first-order valence-corrected chi connectivity index (χ1v) is 12.4. The summed E-state index contributed by atoms with van der Waals surface area (Å²) in [5.41, 5.74) is 3.45. The molecule has 1 aromatic carbocycles. The van der Waals surface area contributed by atoms with Crippen LogP contribution in [0.1, 0.15) is 36.5 Å². The van der Waals surface area contributed by atoms with Gasteiger partial charge in [0.25, 0.3) is 0 Å². The fourth-order valence-electron chi connectivity index (χ4n) is 4.65. The van der Waals surface area contributed by atoms with Gasteiger partial charge in [-0.15, -0.1) is 0 Å². The molecule has 4 rings (SSSR count). The van der Waals surface area contributed by atoms with Gasteiger partial charge in [-0.3, -0.25) is 9.58 Å². The summed E-state index contributed by atoms with van der Waals surface area (Å²) < 4.78 is 33.6. The number of aromatic nitrogens is 2. The third-order valence-electron chi connectivity index (χ3n) is 6.34. The van der Waals surface area contributed by atoms with Gasteiger partial charge in [-0.1, -0.05) is 17.7 Å². The van der Waals surface area contributed by atoms with E-state index in [1.807, 2.05) is 18.5 Å². The molecule has 0 saturated carbocycles. The lowest BCUT2D eigenvalue weighted by molar-refractivity contribution is -0.113. The summed E-state index contributed by atoms with van der Waals surface area (Å²) in [6.45, 7) is 5.05. The van der Waals surface area contributed by atoms with Crippen LogP contribution in [0.15, 0.2) is 30.6 Å². The summed E-state index contributed by atoms with van der Waals surface area (Å²) in [6, 6.07) is 6.54. The maximum absolute atomic E-state index is 11.6. The molecule has 0 aliphatic carbocycles. The van der Waals surface area contributed by atoms with Crippen molar-refractivity contribution in [1.82, 2.24) is 19.4 Å². The number of halogens is 1. The first-order valence-electron chi connectivity index (χ1n) is 10.4. The number of fused-ring (bicyclic) bond motifs is 2. The summed E-state index contributed by atoms with van der Waals surface area (Å²) in [5, 5.41) is 5.09. The standard InChI is InChI=1S/C21H29ClN4O3S/c1-16-12-21(20-11-19(22)4-3-18(20)5-9-29-21)6-7-25(16)14-17-13-24-26(15-17)8-10-30(27,28)23-2/h3-4,11,13,15-16,23H,5-10,12,14H2,1-2H3/t16-,21?/m0/s1. The van der Waals surface area contributed by atoms with Crippen molar-refractivity contribution in [1.29, 1.82) is 0 Å². The van der Waals surface area contributed by atoms with Gasteiger partial charge in [0.05, 0.1) is 30.7 Å². The number of hydrogen-bond donors (Lipinski definition) is 1. The molecule has 1 N–H and O–H groups in total.